The summed E-state index contributed by atoms with van der Waals surface area (Å²) in [6.07, 6.45) is 4.58. The summed E-state index contributed by atoms with van der Waals surface area (Å²) >= 11 is 0. The molecule has 2 rings (SSSR count). The van der Waals surface area contributed by atoms with E-state index in [0.717, 1.165) is 44.2 Å². The molecule has 0 spiro atoms. The zero-order valence-electron chi connectivity index (χ0n) is 11.6. The van der Waals surface area contributed by atoms with Crippen molar-refractivity contribution in [3.05, 3.63) is 29.6 Å². The molecule has 6 heteroatoms. The summed E-state index contributed by atoms with van der Waals surface area (Å²) in [5, 5.41) is 11.4. The Bertz CT molecular complexity index is 548. The molecular weight excluding hydrogens is 275 g/mol. The molecule has 0 aromatic heterocycles. The highest BCUT2D eigenvalue weighted by molar-refractivity contribution is 5.94. The third-order valence-corrected chi connectivity index (χ3v) is 3.87. The number of nitrogens with one attached hydrogen (secondary N) is 1. The van der Waals surface area contributed by atoms with E-state index >= 15 is 0 Å². The van der Waals surface area contributed by atoms with Gasteiger partial charge in [0.2, 0.25) is 5.91 Å². The average Bonchev–Trinajstić information content (AvgIpc) is 2.63. The van der Waals surface area contributed by atoms with Crippen molar-refractivity contribution in [2.75, 3.05) is 5.32 Å². The molecule has 4 N–H and O–H groups in total. The first kappa shape index (κ1) is 15.4. The summed E-state index contributed by atoms with van der Waals surface area (Å²) < 4.78 is 13.6. The van der Waals surface area contributed by atoms with Gasteiger partial charge in [0, 0.05) is 11.7 Å². The topological polar surface area (TPSA) is 92.4 Å². The fourth-order valence-electron chi connectivity index (χ4n) is 2.66. The predicted octanol–water partition coefficient (Wildman–Crippen LogP) is 2.37. The fourth-order valence-corrected chi connectivity index (χ4v) is 2.66. The molecule has 0 radical (unpaired) electrons. The number of nitrogens with two attached hydrogens (primary N) is 1. The molecule has 114 valence electrons. The monoisotopic (exact) mass is 294 g/mol. The van der Waals surface area contributed by atoms with E-state index in [2.05, 4.69) is 5.32 Å². The Hall–Kier alpha value is -1.95. The second-order valence-corrected chi connectivity index (χ2v) is 5.40. The maximum absolute atomic E-state index is 13.6. The average molecular weight is 294 g/mol. The van der Waals surface area contributed by atoms with E-state index in [0.29, 0.717) is 0 Å². The molecule has 1 aromatic carbocycles. The molecule has 21 heavy (non-hydrogen) atoms. The van der Waals surface area contributed by atoms with Gasteiger partial charge in [0.1, 0.15) is 5.82 Å². The lowest BCUT2D eigenvalue weighted by Gasteiger charge is -2.20. The van der Waals surface area contributed by atoms with Crippen molar-refractivity contribution in [3.63, 3.8) is 0 Å². The van der Waals surface area contributed by atoms with Crippen molar-refractivity contribution in [3.8, 4) is 0 Å². The minimum absolute atomic E-state index is 0.185. The third kappa shape index (κ3) is 3.78. The smallest absolute Gasteiger partial charge is 0.338 e. The van der Waals surface area contributed by atoms with E-state index in [1.165, 1.54) is 6.07 Å². The Morgan fingerprint density at radius 1 is 1.24 bits per heavy atom. The van der Waals surface area contributed by atoms with Crippen molar-refractivity contribution >= 4 is 17.6 Å². The number of carbonyl (C=O) groups excluding carboxylic acids is 1. The van der Waals surface area contributed by atoms with Gasteiger partial charge in [-0.05, 0) is 31.0 Å². The number of carboxylic acids is 1. The van der Waals surface area contributed by atoms with E-state index < -0.39 is 17.3 Å². The van der Waals surface area contributed by atoms with Crippen LogP contribution >= 0.6 is 0 Å². The van der Waals surface area contributed by atoms with E-state index in [-0.39, 0.29) is 23.6 Å². The zero-order valence-corrected chi connectivity index (χ0v) is 11.6. The molecule has 2 atom stereocenters. The number of halogens is 1. The molecule has 2 unspecified atom stereocenters. The van der Waals surface area contributed by atoms with Crippen LogP contribution in [0.25, 0.3) is 0 Å². The molecule has 1 aromatic rings. The van der Waals surface area contributed by atoms with E-state index in [9.17, 15) is 14.0 Å². The Morgan fingerprint density at radius 2 is 1.95 bits per heavy atom. The quantitative estimate of drug-likeness (QED) is 0.746. The molecule has 0 heterocycles. The third-order valence-electron chi connectivity index (χ3n) is 3.87. The normalized spacial score (nSPS) is 22.4. The number of carbonyl (C=O) groups is 2. The van der Waals surface area contributed by atoms with Gasteiger partial charge < -0.3 is 16.2 Å². The molecule has 1 fully saturated rings. The predicted molar refractivity (Wildman–Crippen MR) is 76.5 cm³/mol. The van der Waals surface area contributed by atoms with Crippen LogP contribution in [0.2, 0.25) is 0 Å². The molecule has 1 amide bonds. The van der Waals surface area contributed by atoms with Crippen LogP contribution < -0.4 is 11.1 Å². The van der Waals surface area contributed by atoms with Gasteiger partial charge in [0.25, 0.3) is 0 Å². The van der Waals surface area contributed by atoms with Crippen molar-refractivity contribution in [2.24, 2.45) is 11.7 Å². The van der Waals surface area contributed by atoms with Crippen molar-refractivity contribution in [1.82, 2.24) is 0 Å². The number of hydrogen-bond acceptors (Lipinski definition) is 3. The zero-order chi connectivity index (χ0) is 15.4. The molecule has 1 saturated carbocycles. The first-order chi connectivity index (χ1) is 9.99. The lowest BCUT2D eigenvalue weighted by Crippen LogP contribution is -2.37. The Balaban J connectivity index is 2.08. The number of benzene rings is 1. The highest BCUT2D eigenvalue weighted by atomic mass is 19.1. The SMILES string of the molecule is NC1CCCCCC1C(=O)Nc1ccc(C(=O)O)c(F)c1. The number of carboxylic acid groups (broad SMARTS) is 1. The first-order valence-electron chi connectivity index (χ1n) is 7.08. The summed E-state index contributed by atoms with van der Waals surface area (Å²) in [5.41, 5.74) is 5.85. The van der Waals surface area contributed by atoms with Crippen molar-refractivity contribution in [2.45, 2.75) is 38.1 Å². The van der Waals surface area contributed by atoms with Crippen LogP contribution in [-0.4, -0.2) is 23.0 Å². The summed E-state index contributed by atoms with van der Waals surface area (Å²) in [5.74, 6) is -2.72. The highest BCUT2D eigenvalue weighted by Gasteiger charge is 2.27. The van der Waals surface area contributed by atoms with Crippen LogP contribution in [0.3, 0.4) is 0 Å². The van der Waals surface area contributed by atoms with Gasteiger partial charge in [-0.3, -0.25) is 4.79 Å². The van der Waals surface area contributed by atoms with Gasteiger partial charge in [-0.25, -0.2) is 9.18 Å². The lowest BCUT2D eigenvalue weighted by atomic mass is 9.94. The number of amides is 1. The Kier molecular flexibility index (Phi) is 4.90. The van der Waals surface area contributed by atoms with Gasteiger partial charge in [0.15, 0.2) is 0 Å². The van der Waals surface area contributed by atoms with Crippen LogP contribution in [0.15, 0.2) is 18.2 Å². The summed E-state index contributed by atoms with van der Waals surface area (Å²) in [6, 6.07) is 3.35. The molecule has 0 saturated heterocycles. The molecular formula is C15H19FN2O3. The molecule has 1 aliphatic carbocycles. The maximum Gasteiger partial charge on any atom is 0.338 e. The minimum Gasteiger partial charge on any atom is -0.478 e. The minimum atomic E-state index is -1.34. The van der Waals surface area contributed by atoms with Gasteiger partial charge in [-0.2, -0.15) is 0 Å². The summed E-state index contributed by atoms with van der Waals surface area (Å²) in [4.78, 5) is 23.0. The van der Waals surface area contributed by atoms with E-state index in [4.69, 9.17) is 10.8 Å². The highest BCUT2D eigenvalue weighted by Crippen LogP contribution is 2.24. The first-order valence-corrected chi connectivity index (χ1v) is 7.08. The fraction of sp³-hybridized carbons (Fsp3) is 0.467. The molecule has 5 nitrogen and oxygen atoms in total. The number of rotatable bonds is 3. The number of hydrogen-bond donors (Lipinski definition) is 3. The van der Waals surface area contributed by atoms with Crippen LogP contribution in [0.4, 0.5) is 10.1 Å². The molecule has 0 aliphatic heterocycles. The standard InChI is InChI=1S/C15H19FN2O3/c16-12-8-9(6-7-10(12)15(20)21)18-14(19)11-4-2-1-3-5-13(11)17/h6-8,11,13H,1-5,17H2,(H,18,19)(H,20,21). The molecule has 1 aliphatic rings. The Morgan fingerprint density at radius 3 is 2.62 bits per heavy atom. The van der Waals surface area contributed by atoms with Gasteiger partial charge in [-0.1, -0.05) is 19.3 Å². The van der Waals surface area contributed by atoms with Gasteiger partial charge >= 0.3 is 5.97 Å². The lowest BCUT2D eigenvalue weighted by molar-refractivity contribution is -0.120. The van der Waals surface area contributed by atoms with Gasteiger partial charge in [-0.15, -0.1) is 0 Å². The van der Waals surface area contributed by atoms with Crippen LogP contribution in [0.1, 0.15) is 42.5 Å². The Labute approximate surface area is 122 Å². The van der Waals surface area contributed by atoms with Crippen LogP contribution in [0.5, 0.6) is 0 Å². The van der Waals surface area contributed by atoms with Crippen LogP contribution in [-0.2, 0) is 4.79 Å². The largest absolute Gasteiger partial charge is 0.478 e. The van der Waals surface area contributed by atoms with Crippen molar-refractivity contribution in [1.29, 1.82) is 0 Å². The maximum atomic E-state index is 13.6. The molecule has 0 bridgehead atoms. The van der Waals surface area contributed by atoms with E-state index in [1.807, 2.05) is 0 Å². The van der Waals surface area contributed by atoms with Crippen molar-refractivity contribution < 1.29 is 19.1 Å². The second kappa shape index (κ2) is 6.67. The van der Waals surface area contributed by atoms with Gasteiger partial charge in [0.05, 0.1) is 11.5 Å². The van der Waals surface area contributed by atoms with E-state index in [1.54, 1.807) is 0 Å². The van der Waals surface area contributed by atoms with Crippen LogP contribution in [0, 0.1) is 11.7 Å². The summed E-state index contributed by atoms with van der Waals surface area (Å²) in [7, 11) is 0. The summed E-state index contributed by atoms with van der Waals surface area (Å²) in [6.45, 7) is 0. The number of anilines is 1. The number of aromatic carboxylic acids is 1. The second-order valence-electron chi connectivity index (χ2n) is 5.40.